The zero-order chi connectivity index (χ0) is 13.9. The molecule has 1 heterocycles. The molecular weight excluding hydrogens is 236 g/mol. The summed E-state index contributed by atoms with van der Waals surface area (Å²) < 4.78 is 2.05. The molecule has 0 aromatic carbocycles. The van der Waals surface area contributed by atoms with Gasteiger partial charge in [0, 0.05) is 25.9 Å². The molecule has 0 saturated heterocycles. The first-order valence-electron chi connectivity index (χ1n) is 7.68. The van der Waals surface area contributed by atoms with E-state index in [2.05, 4.69) is 23.4 Å². The minimum Gasteiger partial charge on any atom is -0.393 e. The number of imidazole rings is 1. The molecule has 19 heavy (non-hydrogen) atoms. The van der Waals surface area contributed by atoms with Crippen molar-refractivity contribution in [3.8, 4) is 0 Å². The Hall–Kier alpha value is -0.830. The van der Waals surface area contributed by atoms with Gasteiger partial charge in [0.2, 0.25) is 0 Å². The standard InChI is InChI=1S/C16H28N2O/c1-13(2)12-16(8-4-5-9-16)14(19)6-7-15-17-10-11-18(15)3/h10-11,13-14,19H,4-9,12H2,1-3H3. The van der Waals surface area contributed by atoms with E-state index < -0.39 is 0 Å². The van der Waals surface area contributed by atoms with Crippen molar-refractivity contribution in [1.29, 1.82) is 0 Å². The van der Waals surface area contributed by atoms with Crippen LogP contribution in [0.5, 0.6) is 0 Å². The lowest BCUT2D eigenvalue weighted by Crippen LogP contribution is -2.34. The number of nitrogens with zero attached hydrogens (tertiary/aromatic N) is 2. The fourth-order valence-electron chi connectivity index (χ4n) is 3.77. The smallest absolute Gasteiger partial charge is 0.108 e. The van der Waals surface area contributed by atoms with Crippen LogP contribution in [0.25, 0.3) is 0 Å². The number of aromatic nitrogens is 2. The van der Waals surface area contributed by atoms with Gasteiger partial charge in [0.05, 0.1) is 6.10 Å². The van der Waals surface area contributed by atoms with Crippen LogP contribution < -0.4 is 0 Å². The summed E-state index contributed by atoms with van der Waals surface area (Å²) in [5, 5.41) is 10.7. The fraction of sp³-hybridized carbons (Fsp3) is 0.812. The molecule has 3 heteroatoms. The molecule has 1 aliphatic carbocycles. The Kier molecular flexibility index (Phi) is 4.67. The van der Waals surface area contributed by atoms with Crippen molar-refractivity contribution >= 4 is 0 Å². The monoisotopic (exact) mass is 264 g/mol. The lowest BCUT2D eigenvalue weighted by molar-refractivity contribution is 0.00692. The van der Waals surface area contributed by atoms with Gasteiger partial charge in [-0.25, -0.2) is 4.98 Å². The highest BCUT2D eigenvalue weighted by Gasteiger charge is 2.40. The van der Waals surface area contributed by atoms with Gasteiger partial charge in [0.1, 0.15) is 5.82 Å². The fourth-order valence-corrected chi connectivity index (χ4v) is 3.77. The number of hydrogen-bond acceptors (Lipinski definition) is 2. The van der Waals surface area contributed by atoms with Crippen LogP contribution in [0.1, 0.15) is 58.2 Å². The van der Waals surface area contributed by atoms with Crippen molar-refractivity contribution in [1.82, 2.24) is 9.55 Å². The van der Waals surface area contributed by atoms with Crippen molar-refractivity contribution in [2.24, 2.45) is 18.4 Å². The molecule has 0 aliphatic heterocycles. The van der Waals surface area contributed by atoms with Crippen LogP contribution in [-0.2, 0) is 13.5 Å². The van der Waals surface area contributed by atoms with Gasteiger partial charge in [-0.05, 0) is 37.0 Å². The van der Waals surface area contributed by atoms with Gasteiger partial charge in [0.25, 0.3) is 0 Å². The van der Waals surface area contributed by atoms with E-state index in [0.717, 1.165) is 25.1 Å². The topological polar surface area (TPSA) is 38.1 Å². The summed E-state index contributed by atoms with van der Waals surface area (Å²) in [7, 11) is 2.02. The van der Waals surface area contributed by atoms with Crippen LogP contribution in [-0.4, -0.2) is 20.8 Å². The highest BCUT2D eigenvalue weighted by Crippen LogP contribution is 2.46. The van der Waals surface area contributed by atoms with Crippen molar-refractivity contribution in [2.75, 3.05) is 0 Å². The van der Waals surface area contributed by atoms with Crippen LogP contribution in [0, 0.1) is 11.3 Å². The third-order valence-electron chi connectivity index (χ3n) is 4.68. The summed E-state index contributed by atoms with van der Waals surface area (Å²) in [6.07, 6.45) is 11.5. The van der Waals surface area contributed by atoms with Gasteiger partial charge in [-0.1, -0.05) is 26.7 Å². The molecule has 0 radical (unpaired) electrons. The van der Waals surface area contributed by atoms with Crippen LogP contribution in [0.3, 0.4) is 0 Å². The Balaban J connectivity index is 1.96. The number of aliphatic hydroxyl groups is 1. The lowest BCUT2D eigenvalue weighted by Gasteiger charge is -2.36. The number of hydrogen-bond donors (Lipinski definition) is 1. The molecule has 0 amide bonds. The summed E-state index contributed by atoms with van der Waals surface area (Å²) >= 11 is 0. The molecular formula is C16H28N2O. The number of rotatable bonds is 6. The molecule has 1 atom stereocenters. The van der Waals surface area contributed by atoms with Crippen LogP contribution >= 0.6 is 0 Å². The Morgan fingerprint density at radius 1 is 1.37 bits per heavy atom. The van der Waals surface area contributed by atoms with Gasteiger partial charge < -0.3 is 9.67 Å². The molecule has 1 N–H and O–H groups in total. The molecule has 1 aliphatic rings. The maximum Gasteiger partial charge on any atom is 0.108 e. The maximum absolute atomic E-state index is 10.7. The number of aliphatic hydroxyl groups excluding tert-OH is 1. The van der Waals surface area contributed by atoms with Crippen LogP contribution in [0.4, 0.5) is 0 Å². The molecule has 1 unspecified atom stereocenters. The summed E-state index contributed by atoms with van der Waals surface area (Å²) in [5.41, 5.74) is 0.180. The quantitative estimate of drug-likeness (QED) is 0.856. The zero-order valence-electron chi connectivity index (χ0n) is 12.6. The van der Waals surface area contributed by atoms with Gasteiger partial charge in [-0.3, -0.25) is 0 Å². The predicted octanol–water partition coefficient (Wildman–Crippen LogP) is 3.32. The van der Waals surface area contributed by atoms with Crippen LogP contribution in [0.15, 0.2) is 12.4 Å². The highest BCUT2D eigenvalue weighted by atomic mass is 16.3. The molecule has 1 aromatic heterocycles. The third kappa shape index (κ3) is 3.38. The molecule has 3 nitrogen and oxygen atoms in total. The van der Waals surface area contributed by atoms with Crippen molar-refractivity contribution in [3.05, 3.63) is 18.2 Å². The van der Waals surface area contributed by atoms with Crippen molar-refractivity contribution in [2.45, 2.75) is 64.9 Å². The van der Waals surface area contributed by atoms with E-state index in [9.17, 15) is 5.11 Å². The average molecular weight is 264 g/mol. The lowest BCUT2D eigenvalue weighted by atomic mass is 9.72. The van der Waals surface area contributed by atoms with E-state index in [1.807, 2.05) is 19.4 Å². The predicted molar refractivity (Wildman–Crippen MR) is 77.9 cm³/mol. The molecule has 2 rings (SSSR count). The first kappa shape index (κ1) is 14.6. The largest absolute Gasteiger partial charge is 0.393 e. The SMILES string of the molecule is CC(C)CC1(C(O)CCc2nccn2C)CCCC1. The Labute approximate surface area is 117 Å². The van der Waals surface area contributed by atoms with E-state index >= 15 is 0 Å². The maximum atomic E-state index is 10.7. The second-order valence-electron chi connectivity index (χ2n) is 6.68. The van der Waals surface area contributed by atoms with Gasteiger partial charge in [0.15, 0.2) is 0 Å². The third-order valence-corrected chi connectivity index (χ3v) is 4.68. The molecule has 0 bridgehead atoms. The van der Waals surface area contributed by atoms with E-state index in [1.165, 1.54) is 25.7 Å². The van der Waals surface area contributed by atoms with Crippen molar-refractivity contribution < 1.29 is 5.11 Å². The average Bonchev–Trinajstić information content (AvgIpc) is 2.96. The zero-order valence-corrected chi connectivity index (χ0v) is 12.6. The van der Waals surface area contributed by atoms with E-state index in [1.54, 1.807) is 0 Å². The summed E-state index contributed by atoms with van der Waals surface area (Å²) in [4.78, 5) is 4.35. The van der Waals surface area contributed by atoms with Crippen LogP contribution in [0.2, 0.25) is 0 Å². The normalized spacial score (nSPS) is 20.1. The molecule has 1 aromatic rings. The van der Waals surface area contributed by atoms with E-state index in [-0.39, 0.29) is 11.5 Å². The molecule has 1 fully saturated rings. The second kappa shape index (κ2) is 6.08. The molecule has 108 valence electrons. The Morgan fingerprint density at radius 2 is 2.05 bits per heavy atom. The first-order chi connectivity index (χ1) is 9.03. The molecule has 0 spiro atoms. The van der Waals surface area contributed by atoms with Gasteiger partial charge >= 0.3 is 0 Å². The van der Waals surface area contributed by atoms with Crippen molar-refractivity contribution in [3.63, 3.8) is 0 Å². The Morgan fingerprint density at radius 3 is 2.58 bits per heavy atom. The van der Waals surface area contributed by atoms with E-state index in [0.29, 0.717) is 5.92 Å². The minimum atomic E-state index is -0.172. The summed E-state index contributed by atoms with van der Waals surface area (Å²) in [6.45, 7) is 4.54. The number of aryl methyl sites for hydroxylation is 2. The van der Waals surface area contributed by atoms with Gasteiger partial charge in [-0.15, -0.1) is 0 Å². The Bertz CT molecular complexity index is 391. The van der Waals surface area contributed by atoms with Gasteiger partial charge in [-0.2, -0.15) is 0 Å². The van der Waals surface area contributed by atoms with E-state index in [4.69, 9.17) is 0 Å². The second-order valence-corrected chi connectivity index (χ2v) is 6.68. The summed E-state index contributed by atoms with van der Waals surface area (Å²) in [5.74, 6) is 1.75. The summed E-state index contributed by atoms with van der Waals surface area (Å²) in [6, 6.07) is 0. The highest BCUT2D eigenvalue weighted by molar-refractivity contribution is 4.96. The minimum absolute atomic E-state index is 0.172. The molecule has 1 saturated carbocycles. The first-order valence-corrected chi connectivity index (χ1v) is 7.68.